The van der Waals surface area contributed by atoms with Gasteiger partial charge in [-0.25, -0.2) is 4.99 Å². The highest BCUT2D eigenvalue weighted by atomic mass is 16.5. The molecule has 0 amide bonds. The van der Waals surface area contributed by atoms with Crippen LogP contribution in [-0.4, -0.2) is 25.0 Å². The van der Waals surface area contributed by atoms with E-state index >= 15 is 0 Å². The quantitative estimate of drug-likeness (QED) is 0.461. The number of methoxy groups -OCH3 is 1. The smallest absolute Gasteiger partial charge is 0.311 e. The van der Waals surface area contributed by atoms with Crippen LogP contribution in [0.1, 0.15) is 17.5 Å². The van der Waals surface area contributed by atoms with E-state index in [9.17, 15) is 4.79 Å². The monoisotopic (exact) mass is 359 g/mol. The lowest BCUT2D eigenvalue weighted by molar-refractivity contribution is -0.142. The van der Waals surface area contributed by atoms with Crippen LogP contribution in [0.15, 0.2) is 96.0 Å². The fourth-order valence-corrected chi connectivity index (χ4v) is 2.65. The highest BCUT2D eigenvalue weighted by molar-refractivity contribution is 6.13. The second-order valence-corrected chi connectivity index (χ2v) is 5.88. The van der Waals surface area contributed by atoms with Crippen molar-refractivity contribution in [2.24, 2.45) is 4.99 Å². The fourth-order valence-electron chi connectivity index (χ4n) is 2.65. The zero-order valence-electron chi connectivity index (χ0n) is 15.1. The number of rotatable bonds is 7. The molecular formula is C23H21NO3. The van der Waals surface area contributed by atoms with Crippen LogP contribution >= 0.6 is 0 Å². The molecule has 0 heterocycles. The van der Waals surface area contributed by atoms with Crippen molar-refractivity contribution >= 4 is 11.7 Å². The van der Waals surface area contributed by atoms with Crippen LogP contribution in [0.3, 0.4) is 0 Å². The minimum absolute atomic E-state index is 0.0224. The number of nitrogens with zero attached hydrogens (tertiary/aromatic N) is 1. The summed E-state index contributed by atoms with van der Waals surface area (Å²) in [6.45, 7) is 0. The molecule has 0 saturated carbocycles. The first-order valence-electron chi connectivity index (χ1n) is 8.73. The molecule has 1 atom stereocenters. The van der Waals surface area contributed by atoms with Gasteiger partial charge in [-0.15, -0.1) is 0 Å². The topological polar surface area (TPSA) is 47.9 Å². The van der Waals surface area contributed by atoms with Crippen LogP contribution in [-0.2, 0) is 9.53 Å². The summed E-state index contributed by atoms with van der Waals surface area (Å²) < 4.78 is 10.8. The van der Waals surface area contributed by atoms with E-state index in [1.807, 2.05) is 91.0 Å². The van der Waals surface area contributed by atoms with Gasteiger partial charge >= 0.3 is 5.97 Å². The third-order valence-corrected chi connectivity index (χ3v) is 3.95. The van der Waals surface area contributed by atoms with Crippen LogP contribution in [0.5, 0.6) is 5.75 Å². The van der Waals surface area contributed by atoms with E-state index in [0.717, 1.165) is 16.8 Å². The summed E-state index contributed by atoms with van der Waals surface area (Å²) in [7, 11) is 1.36. The average molecular weight is 359 g/mol. The van der Waals surface area contributed by atoms with E-state index in [1.165, 1.54) is 7.11 Å². The van der Waals surface area contributed by atoms with Gasteiger partial charge in [0.05, 0.1) is 12.8 Å². The zero-order valence-corrected chi connectivity index (χ0v) is 15.1. The lowest BCUT2D eigenvalue weighted by Gasteiger charge is -2.17. The van der Waals surface area contributed by atoms with Crippen LogP contribution in [0.4, 0.5) is 0 Å². The van der Waals surface area contributed by atoms with Gasteiger partial charge in [0.15, 0.2) is 0 Å². The Bertz CT molecular complexity index is 836. The van der Waals surface area contributed by atoms with Gasteiger partial charge in [0.2, 0.25) is 6.23 Å². The van der Waals surface area contributed by atoms with E-state index in [4.69, 9.17) is 14.5 Å². The van der Waals surface area contributed by atoms with E-state index in [1.54, 1.807) is 0 Å². The summed E-state index contributed by atoms with van der Waals surface area (Å²) >= 11 is 0. The lowest BCUT2D eigenvalue weighted by atomic mass is 10.0. The molecule has 0 spiro atoms. The molecule has 0 saturated heterocycles. The molecule has 0 bridgehead atoms. The number of carbonyl (C=O) groups excluding carboxylic acids is 1. The predicted octanol–water partition coefficient (Wildman–Crippen LogP) is 4.49. The van der Waals surface area contributed by atoms with Crippen molar-refractivity contribution in [2.45, 2.75) is 12.6 Å². The normalized spacial score (nSPS) is 11.3. The van der Waals surface area contributed by atoms with Crippen molar-refractivity contribution in [3.63, 3.8) is 0 Å². The third-order valence-electron chi connectivity index (χ3n) is 3.95. The summed E-state index contributed by atoms with van der Waals surface area (Å²) in [4.78, 5) is 16.7. The van der Waals surface area contributed by atoms with Crippen molar-refractivity contribution in [1.29, 1.82) is 0 Å². The maximum atomic E-state index is 11.9. The van der Waals surface area contributed by atoms with Gasteiger partial charge < -0.3 is 9.47 Å². The average Bonchev–Trinajstić information content (AvgIpc) is 2.73. The molecule has 0 aliphatic heterocycles. The Morgan fingerprint density at radius 1 is 0.815 bits per heavy atom. The number of para-hydroxylation sites is 1. The zero-order chi connectivity index (χ0) is 18.9. The molecule has 1 unspecified atom stereocenters. The Kier molecular flexibility index (Phi) is 6.36. The van der Waals surface area contributed by atoms with Crippen molar-refractivity contribution in [2.75, 3.05) is 7.11 Å². The van der Waals surface area contributed by atoms with E-state index in [2.05, 4.69) is 0 Å². The number of benzene rings is 3. The van der Waals surface area contributed by atoms with E-state index in [-0.39, 0.29) is 12.4 Å². The highest BCUT2D eigenvalue weighted by Crippen LogP contribution is 2.17. The Balaban J connectivity index is 2.00. The molecule has 3 rings (SSSR count). The van der Waals surface area contributed by atoms with Gasteiger partial charge in [-0.3, -0.25) is 4.79 Å². The minimum Gasteiger partial charge on any atom is -0.469 e. The molecule has 0 aliphatic carbocycles. The summed E-state index contributed by atoms with van der Waals surface area (Å²) in [6, 6.07) is 29.1. The van der Waals surface area contributed by atoms with Crippen LogP contribution in [0.2, 0.25) is 0 Å². The van der Waals surface area contributed by atoms with Gasteiger partial charge in [0.25, 0.3) is 0 Å². The molecule has 0 radical (unpaired) electrons. The Labute approximate surface area is 159 Å². The van der Waals surface area contributed by atoms with Crippen molar-refractivity contribution < 1.29 is 14.3 Å². The maximum Gasteiger partial charge on any atom is 0.311 e. The second-order valence-electron chi connectivity index (χ2n) is 5.88. The van der Waals surface area contributed by atoms with Gasteiger partial charge in [-0.1, -0.05) is 78.9 Å². The number of hydrogen-bond acceptors (Lipinski definition) is 4. The highest BCUT2D eigenvalue weighted by Gasteiger charge is 2.18. The van der Waals surface area contributed by atoms with Crippen LogP contribution in [0.25, 0.3) is 0 Å². The predicted molar refractivity (Wildman–Crippen MR) is 106 cm³/mol. The standard InChI is InChI=1S/C23H21NO3/c1-26-22(25)17-21(27-20-15-9-4-10-16-20)24-23(18-11-5-2-6-12-18)19-13-7-3-8-14-19/h2-16,21H,17H2,1H3. The van der Waals surface area contributed by atoms with Crippen LogP contribution in [0, 0.1) is 0 Å². The SMILES string of the molecule is COC(=O)CC(N=C(c1ccccc1)c1ccccc1)Oc1ccccc1. The molecule has 0 N–H and O–H groups in total. The molecule has 4 nitrogen and oxygen atoms in total. The van der Waals surface area contributed by atoms with E-state index in [0.29, 0.717) is 5.75 Å². The fraction of sp³-hybridized carbons (Fsp3) is 0.130. The minimum atomic E-state index is -0.699. The second kappa shape index (κ2) is 9.34. The molecule has 0 aliphatic rings. The number of carbonyl (C=O) groups is 1. The molecule has 3 aromatic rings. The third kappa shape index (κ3) is 5.28. The number of esters is 1. The first-order chi connectivity index (χ1) is 13.3. The van der Waals surface area contributed by atoms with Gasteiger partial charge in [0.1, 0.15) is 12.2 Å². The molecule has 3 aromatic carbocycles. The summed E-state index contributed by atoms with van der Waals surface area (Å²) in [6.07, 6.45) is -0.676. The first kappa shape index (κ1) is 18.4. The van der Waals surface area contributed by atoms with E-state index < -0.39 is 6.23 Å². The summed E-state index contributed by atoms with van der Waals surface area (Å²) in [5, 5.41) is 0. The largest absolute Gasteiger partial charge is 0.469 e. The maximum absolute atomic E-state index is 11.9. The number of ether oxygens (including phenoxy) is 2. The number of aliphatic imine (C=N–C) groups is 1. The van der Waals surface area contributed by atoms with Crippen LogP contribution < -0.4 is 4.74 Å². The van der Waals surface area contributed by atoms with Crippen molar-refractivity contribution in [3.8, 4) is 5.75 Å². The van der Waals surface area contributed by atoms with Crippen molar-refractivity contribution in [1.82, 2.24) is 0 Å². The summed E-state index contributed by atoms with van der Waals surface area (Å²) in [5.74, 6) is 0.274. The first-order valence-corrected chi connectivity index (χ1v) is 8.73. The molecule has 4 heteroatoms. The Morgan fingerprint density at radius 2 is 1.30 bits per heavy atom. The molecule has 136 valence electrons. The Morgan fingerprint density at radius 3 is 1.78 bits per heavy atom. The molecule has 27 heavy (non-hydrogen) atoms. The Hall–Kier alpha value is -3.40. The lowest BCUT2D eigenvalue weighted by Crippen LogP contribution is -2.22. The van der Waals surface area contributed by atoms with Crippen molar-refractivity contribution in [3.05, 3.63) is 102 Å². The summed E-state index contributed by atoms with van der Waals surface area (Å²) in [5.41, 5.74) is 2.67. The van der Waals surface area contributed by atoms with Gasteiger partial charge in [0, 0.05) is 11.1 Å². The number of hydrogen-bond donors (Lipinski definition) is 0. The van der Waals surface area contributed by atoms with Gasteiger partial charge in [-0.2, -0.15) is 0 Å². The molecule has 0 fully saturated rings. The molecule has 0 aromatic heterocycles. The van der Waals surface area contributed by atoms with Gasteiger partial charge in [-0.05, 0) is 12.1 Å². The molecular weight excluding hydrogens is 338 g/mol.